The Bertz CT molecular complexity index is 1440. The van der Waals surface area contributed by atoms with Crippen LogP contribution >= 0.6 is 23.2 Å². The van der Waals surface area contributed by atoms with E-state index in [2.05, 4.69) is 17.4 Å². The molecular formula is C29H26Cl2N2O5. The van der Waals surface area contributed by atoms with E-state index in [9.17, 15) is 4.79 Å². The van der Waals surface area contributed by atoms with Gasteiger partial charge in [0.05, 0.1) is 35.0 Å². The van der Waals surface area contributed by atoms with E-state index in [-0.39, 0.29) is 24.9 Å². The van der Waals surface area contributed by atoms with E-state index < -0.39 is 0 Å². The smallest absolute Gasteiger partial charge is 0.337 e. The quantitative estimate of drug-likeness (QED) is 0.408. The van der Waals surface area contributed by atoms with E-state index in [1.807, 2.05) is 18.2 Å². The molecule has 2 aliphatic heterocycles. The molecule has 0 bridgehead atoms. The molecule has 2 aliphatic carbocycles. The summed E-state index contributed by atoms with van der Waals surface area (Å²) in [4.78, 5) is 12.0. The molecule has 1 aromatic heterocycles. The third-order valence-corrected chi connectivity index (χ3v) is 7.73. The number of fused-ring (bicyclic) bond motifs is 1. The predicted molar refractivity (Wildman–Crippen MR) is 143 cm³/mol. The molecule has 196 valence electrons. The lowest BCUT2D eigenvalue weighted by atomic mass is 9.94. The molecule has 2 atom stereocenters. The van der Waals surface area contributed by atoms with Crippen molar-refractivity contribution >= 4 is 29.2 Å². The fraction of sp³-hybridized carbons (Fsp3) is 0.310. The van der Waals surface area contributed by atoms with Gasteiger partial charge in [0.15, 0.2) is 0 Å². The van der Waals surface area contributed by atoms with Crippen LogP contribution in [-0.2, 0) is 25.6 Å². The molecule has 1 fully saturated rings. The molecule has 1 N–H and O–H groups in total. The zero-order valence-corrected chi connectivity index (χ0v) is 22.4. The normalized spacial score (nSPS) is 22.3. The van der Waals surface area contributed by atoms with Crippen molar-refractivity contribution in [3.8, 4) is 11.3 Å². The number of carbonyl (C=O) groups excluding carboxylic acids is 1. The highest BCUT2D eigenvalue weighted by molar-refractivity contribution is 6.39. The summed E-state index contributed by atoms with van der Waals surface area (Å²) in [6, 6.07) is 5.38. The van der Waals surface area contributed by atoms with Crippen molar-refractivity contribution in [2.75, 3.05) is 7.11 Å². The van der Waals surface area contributed by atoms with E-state index in [0.29, 0.717) is 45.0 Å². The minimum atomic E-state index is -0.387. The molecule has 0 amide bonds. The van der Waals surface area contributed by atoms with Gasteiger partial charge in [0.2, 0.25) is 0 Å². The second-order valence-electron chi connectivity index (χ2n) is 9.72. The average molecular weight is 553 g/mol. The number of nitrogens with zero attached hydrogens (tertiary/aromatic N) is 1. The highest BCUT2D eigenvalue weighted by Gasteiger charge is 2.34. The van der Waals surface area contributed by atoms with Crippen molar-refractivity contribution in [1.82, 2.24) is 10.5 Å². The topological polar surface area (TPSA) is 82.8 Å². The predicted octanol–water partition coefficient (Wildman–Crippen LogP) is 6.51. The molecule has 2 unspecified atom stereocenters. The van der Waals surface area contributed by atoms with Crippen molar-refractivity contribution in [2.24, 2.45) is 0 Å². The Morgan fingerprint density at radius 1 is 1.18 bits per heavy atom. The summed E-state index contributed by atoms with van der Waals surface area (Å²) in [6.45, 7) is 2.34. The van der Waals surface area contributed by atoms with Crippen molar-refractivity contribution in [3.63, 3.8) is 0 Å². The molecule has 9 heteroatoms. The maximum absolute atomic E-state index is 12.0. The third-order valence-electron chi connectivity index (χ3n) is 7.10. The van der Waals surface area contributed by atoms with Crippen LogP contribution in [0.15, 0.2) is 81.3 Å². The zero-order valence-electron chi connectivity index (χ0n) is 20.9. The first kappa shape index (κ1) is 25.0. The molecule has 0 radical (unpaired) electrons. The zero-order chi connectivity index (χ0) is 26.4. The van der Waals surface area contributed by atoms with Crippen molar-refractivity contribution < 1.29 is 23.5 Å². The number of allylic oxidation sites excluding steroid dienone is 2. The van der Waals surface area contributed by atoms with Crippen molar-refractivity contribution in [2.45, 2.75) is 51.0 Å². The standard InChI is InChI=1S/C29H26Cl2N2O5/c1-15-12-22-23(37-24-13-17(29(34)35-2)8-9-18(15)24)10-11-25(32-22)36-14-19-27(33-38-28(19)16-6-7-16)26-20(30)4-3-5-21(26)31/h3-5,8-11,13,16,24-25,32H,6-7,12,14H2,1-2H3. The van der Waals surface area contributed by atoms with Crippen LogP contribution in [0.2, 0.25) is 10.0 Å². The molecule has 0 spiro atoms. The molecule has 2 aromatic rings. The molecule has 38 heavy (non-hydrogen) atoms. The van der Waals surface area contributed by atoms with E-state index >= 15 is 0 Å². The first-order chi connectivity index (χ1) is 18.4. The minimum Gasteiger partial charge on any atom is -0.480 e. The van der Waals surface area contributed by atoms with Crippen LogP contribution in [0.1, 0.15) is 43.4 Å². The van der Waals surface area contributed by atoms with Gasteiger partial charge >= 0.3 is 5.97 Å². The number of hydrogen-bond donors (Lipinski definition) is 1. The summed E-state index contributed by atoms with van der Waals surface area (Å²) >= 11 is 13.0. The minimum absolute atomic E-state index is 0.272. The largest absolute Gasteiger partial charge is 0.480 e. The van der Waals surface area contributed by atoms with E-state index in [1.165, 1.54) is 7.11 Å². The number of esters is 1. The van der Waals surface area contributed by atoms with Crippen LogP contribution < -0.4 is 5.32 Å². The van der Waals surface area contributed by atoms with Gasteiger partial charge in [-0.25, -0.2) is 4.79 Å². The number of dihydropyridines is 1. The fourth-order valence-electron chi connectivity index (χ4n) is 4.96. The molecule has 7 nitrogen and oxygen atoms in total. The van der Waals surface area contributed by atoms with Gasteiger partial charge in [-0.05, 0) is 61.8 Å². The summed E-state index contributed by atoms with van der Waals surface area (Å²) in [5.74, 6) is 1.50. The Labute approximate surface area is 230 Å². The molecule has 0 saturated heterocycles. The van der Waals surface area contributed by atoms with E-state index in [4.69, 9.17) is 41.9 Å². The van der Waals surface area contributed by atoms with Gasteiger partial charge in [-0.15, -0.1) is 0 Å². The Morgan fingerprint density at radius 3 is 2.71 bits per heavy atom. The van der Waals surface area contributed by atoms with Gasteiger partial charge < -0.3 is 24.1 Å². The maximum Gasteiger partial charge on any atom is 0.337 e. The van der Waals surface area contributed by atoms with Crippen LogP contribution in [0, 0.1) is 0 Å². The third kappa shape index (κ3) is 4.70. The Balaban J connectivity index is 1.21. The number of carbonyl (C=O) groups is 1. The lowest BCUT2D eigenvalue weighted by Crippen LogP contribution is -2.33. The second kappa shape index (κ2) is 10.1. The SMILES string of the molecule is COC(=O)C1=CC2OC3=C(CC(C)=C2C=C1)NC(OCc1c(-c2c(Cl)cccc2Cl)noc1C1CC1)C=C3. The number of rotatable bonds is 6. The molecule has 4 aliphatic rings. The average Bonchev–Trinajstić information content (AvgIpc) is 3.69. The number of ether oxygens (including phenoxy) is 3. The van der Waals surface area contributed by atoms with Crippen LogP contribution in [-0.4, -0.2) is 30.6 Å². The van der Waals surface area contributed by atoms with Gasteiger partial charge in [0.1, 0.15) is 29.5 Å². The summed E-state index contributed by atoms with van der Waals surface area (Å²) in [6.07, 6.45) is 11.3. The molecule has 1 aromatic carbocycles. The summed E-state index contributed by atoms with van der Waals surface area (Å²) in [7, 11) is 1.37. The summed E-state index contributed by atoms with van der Waals surface area (Å²) in [5, 5.41) is 8.83. The van der Waals surface area contributed by atoms with Gasteiger partial charge in [-0.2, -0.15) is 0 Å². The van der Waals surface area contributed by atoms with Crippen LogP contribution in [0.3, 0.4) is 0 Å². The monoisotopic (exact) mass is 552 g/mol. The number of hydrogen-bond acceptors (Lipinski definition) is 7. The first-order valence-electron chi connectivity index (χ1n) is 12.5. The Kier molecular flexibility index (Phi) is 6.68. The second-order valence-corrected chi connectivity index (χ2v) is 10.5. The lowest BCUT2D eigenvalue weighted by Gasteiger charge is -2.26. The van der Waals surface area contributed by atoms with Crippen molar-refractivity contribution in [1.29, 1.82) is 0 Å². The van der Waals surface area contributed by atoms with Gasteiger partial charge in [0, 0.05) is 23.5 Å². The summed E-state index contributed by atoms with van der Waals surface area (Å²) in [5.41, 5.74) is 5.69. The number of methoxy groups -OCH3 is 1. The number of halogens is 2. The number of nitrogens with one attached hydrogen (secondary N) is 1. The lowest BCUT2D eigenvalue weighted by molar-refractivity contribution is -0.135. The van der Waals surface area contributed by atoms with Crippen LogP contribution in [0.4, 0.5) is 0 Å². The molecule has 1 saturated carbocycles. The van der Waals surface area contributed by atoms with Gasteiger partial charge in [-0.1, -0.05) is 46.1 Å². The fourth-order valence-corrected chi connectivity index (χ4v) is 5.53. The van der Waals surface area contributed by atoms with Crippen LogP contribution in [0.5, 0.6) is 0 Å². The molecule has 6 rings (SSSR count). The van der Waals surface area contributed by atoms with Crippen molar-refractivity contribution in [3.05, 3.63) is 98.1 Å². The number of benzene rings is 1. The first-order valence-corrected chi connectivity index (χ1v) is 13.3. The van der Waals surface area contributed by atoms with Gasteiger partial charge in [-0.3, -0.25) is 0 Å². The van der Waals surface area contributed by atoms with Gasteiger partial charge in [0.25, 0.3) is 0 Å². The number of aromatic nitrogens is 1. The Morgan fingerprint density at radius 2 is 1.97 bits per heavy atom. The van der Waals surface area contributed by atoms with Crippen LogP contribution in [0.25, 0.3) is 11.3 Å². The highest BCUT2D eigenvalue weighted by Crippen LogP contribution is 2.46. The molecular weight excluding hydrogens is 527 g/mol. The highest BCUT2D eigenvalue weighted by atomic mass is 35.5. The molecule has 3 heterocycles. The summed E-state index contributed by atoms with van der Waals surface area (Å²) < 4.78 is 23.3. The van der Waals surface area contributed by atoms with E-state index in [0.717, 1.165) is 41.0 Å². The Hall–Kier alpha value is -3.26. The maximum atomic E-state index is 12.0. The van der Waals surface area contributed by atoms with E-state index in [1.54, 1.807) is 30.4 Å².